The normalized spacial score (nSPS) is 13.0. The monoisotopic (exact) mass is 362 g/mol. The molecule has 0 saturated heterocycles. The molecule has 0 heterocycles. The summed E-state index contributed by atoms with van der Waals surface area (Å²) in [6.07, 6.45) is 7.39. The Morgan fingerprint density at radius 3 is 1.78 bits per heavy atom. The summed E-state index contributed by atoms with van der Waals surface area (Å²) in [5, 5.41) is 13.9. The van der Waals surface area contributed by atoms with Gasteiger partial charge in [-0.2, -0.15) is 8.42 Å². The van der Waals surface area contributed by atoms with E-state index in [9.17, 15) is 18.0 Å². The van der Waals surface area contributed by atoms with Crippen LogP contribution in [0.3, 0.4) is 0 Å². The first-order valence-corrected chi connectivity index (χ1v) is 10.3. The van der Waals surface area contributed by atoms with Crippen molar-refractivity contribution < 1.29 is 32.8 Å². The summed E-state index contributed by atoms with van der Waals surface area (Å²) in [7, 11) is -4.84. The van der Waals surface area contributed by atoms with Crippen molar-refractivity contribution in [1.82, 2.24) is 0 Å². The standard InChI is InChI=1S/C10H21.C4H6O7S.Na/c1-4-7-8-9-10(5-2)6-3;5-3(6)1-2(4(7)8)12(9,10)11;/h4-9H2,1-3H3;2H,1H2,(H,5,6)(H,7,8)(H,9,10,11);. The zero-order valence-corrected chi connectivity index (χ0v) is 17.2. The summed E-state index contributed by atoms with van der Waals surface area (Å²) in [4.78, 5) is 20.0. The van der Waals surface area contributed by atoms with Gasteiger partial charge in [0.2, 0.25) is 0 Å². The zero-order chi connectivity index (χ0) is 18.7. The van der Waals surface area contributed by atoms with Gasteiger partial charge in [-0.05, 0) is 0 Å². The van der Waals surface area contributed by atoms with Crippen LogP contribution in [0.4, 0.5) is 0 Å². The Bertz CT molecular complexity index is 458. The van der Waals surface area contributed by atoms with Crippen molar-refractivity contribution in [3.63, 3.8) is 0 Å². The zero-order valence-electron chi connectivity index (χ0n) is 14.4. The Hall–Kier alpha value is -0.150. The summed E-state index contributed by atoms with van der Waals surface area (Å²) < 4.78 is 29.4. The minimum absolute atomic E-state index is 0.773. The van der Waals surface area contributed by atoms with Crippen LogP contribution in [0.15, 0.2) is 0 Å². The minimum atomic E-state index is -4.84. The Morgan fingerprint density at radius 2 is 1.57 bits per heavy atom. The second-order valence-corrected chi connectivity index (χ2v) is 9.63. The average molecular weight is 362 g/mol. The van der Waals surface area contributed by atoms with Gasteiger partial charge in [-0.25, -0.2) is 0 Å². The Balaban J connectivity index is 0. The van der Waals surface area contributed by atoms with E-state index < -0.39 is 33.7 Å². The fourth-order valence-electron chi connectivity index (χ4n) is 1.88. The summed E-state index contributed by atoms with van der Waals surface area (Å²) in [5.74, 6) is -3.50. The van der Waals surface area contributed by atoms with Crippen LogP contribution in [0.5, 0.6) is 0 Å². The fourth-order valence-corrected chi connectivity index (χ4v) is 2.85. The molecule has 0 aromatic carbocycles. The number of carbonyl (C=O) groups is 2. The van der Waals surface area contributed by atoms with Crippen LogP contribution in [0.25, 0.3) is 0 Å². The second kappa shape index (κ2) is 12.2. The molecular weight excluding hydrogens is 335 g/mol. The molecule has 0 amide bonds. The van der Waals surface area contributed by atoms with E-state index in [-0.39, 0.29) is 0 Å². The van der Waals surface area contributed by atoms with Gasteiger partial charge in [-0.15, -0.1) is 0 Å². The third-order valence-electron chi connectivity index (χ3n) is 4.09. The first-order valence-electron chi connectivity index (χ1n) is 7.84. The number of rotatable bonds is 10. The van der Waals surface area contributed by atoms with Crippen LogP contribution >= 0.6 is 0 Å². The van der Waals surface area contributed by atoms with Crippen molar-refractivity contribution >= 4 is 50.0 Å². The van der Waals surface area contributed by atoms with E-state index in [1.165, 1.54) is 66.5 Å². The van der Waals surface area contributed by atoms with Gasteiger partial charge in [0, 0.05) is 0 Å². The largest absolute Gasteiger partial charge is 0.481 e. The van der Waals surface area contributed by atoms with Gasteiger partial charge in [-0.1, -0.05) is 0 Å². The molecule has 0 spiro atoms. The van der Waals surface area contributed by atoms with E-state index in [4.69, 9.17) is 14.8 Å². The SMILES string of the molecule is CCCCC[C]([Na])(CC)CC.O=C(O)CC(C(=O)O)S(=O)(=O)O. The van der Waals surface area contributed by atoms with E-state index in [0.29, 0.717) is 0 Å². The van der Waals surface area contributed by atoms with Crippen LogP contribution in [0.1, 0.15) is 65.7 Å². The van der Waals surface area contributed by atoms with Gasteiger partial charge in [0.05, 0.1) is 6.42 Å². The molecule has 0 aromatic heterocycles. The van der Waals surface area contributed by atoms with Crippen LogP contribution in [0.2, 0.25) is 2.66 Å². The maximum Gasteiger partial charge on any atom is 0.325 e. The van der Waals surface area contributed by atoms with Gasteiger partial charge < -0.3 is 10.2 Å². The van der Waals surface area contributed by atoms with Gasteiger partial charge in [0.15, 0.2) is 5.25 Å². The minimum Gasteiger partial charge on any atom is -0.481 e. The van der Waals surface area contributed by atoms with E-state index in [1.807, 2.05) is 0 Å². The quantitative estimate of drug-likeness (QED) is 0.309. The molecular formula is C14H27NaO7S. The molecule has 0 aromatic rings. The molecule has 0 rings (SSSR count). The molecule has 0 saturated carbocycles. The number of carboxylic acid groups (broad SMARTS) is 2. The Morgan fingerprint density at radius 1 is 1.09 bits per heavy atom. The van der Waals surface area contributed by atoms with Crippen molar-refractivity contribution in [2.45, 2.75) is 73.6 Å². The van der Waals surface area contributed by atoms with E-state index in [2.05, 4.69) is 20.8 Å². The van der Waals surface area contributed by atoms with Crippen molar-refractivity contribution in [1.29, 1.82) is 0 Å². The third-order valence-corrected chi connectivity index (χ3v) is 7.09. The molecule has 0 fully saturated rings. The fraction of sp³-hybridized carbons (Fsp3) is 0.857. The molecule has 9 heteroatoms. The smallest absolute Gasteiger partial charge is 0.325 e. The maximum absolute atomic E-state index is 10.2. The topological polar surface area (TPSA) is 129 Å². The first kappa shape index (κ1) is 25.1. The molecule has 1 unspecified atom stereocenters. The molecule has 23 heavy (non-hydrogen) atoms. The van der Waals surface area contributed by atoms with Crippen LogP contribution in [0, 0.1) is 0 Å². The van der Waals surface area contributed by atoms with Crippen molar-refractivity contribution in [2.75, 3.05) is 0 Å². The van der Waals surface area contributed by atoms with Gasteiger partial charge >= 0.3 is 102 Å². The molecule has 0 aliphatic heterocycles. The summed E-state index contributed by atoms with van der Waals surface area (Å²) in [5.41, 5.74) is 0. The van der Waals surface area contributed by atoms with E-state index in [0.717, 1.165) is 2.66 Å². The van der Waals surface area contributed by atoms with Gasteiger partial charge in [0.25, 0.3) is 10.1 Å². The van der Waals surface area contributed by atoms with Gasteiger partial charge in [0.1, 0.15) is 0 Å². The van der Waals surface area contributed by atoms with Crippen molar-refractivity contribution in [3.05, 3.63) is 0 Å². The van der Waals surface area contributed by atoms with Crippen molar-refractivity contribution in [2.24, 2.45) is 0 Å². The Labute approximate surface area is 156 Å². The third kappa shape index (κ3) is 12.9. The molecule has 0 aliphatic carbocycles. The number of hydrogen-bond donors (Lipinski definition) is 3. The van der Waals surface area contributed by atoms with E-state index in [1.54, 1.807) is 0 Å². The second-order valence-electron chi connectivity index (χ2n) is 5.91. The van der Waals surface area contributed by atoms with Crippen LogP contribution in [-0.4, -0.2) is 68.3 Å². The summed E-state index contributed by atoms with van der Waals surface area (Å²) >= 11 is 1.39. The number of unbranched alkanes of at least 4 members (excludes halogenated alkanes) is 2. The van der Waals surface area contributed by atoms with Crippen molar-refractivity contribution in [3.8, 4) is 0 Å². The Kier molecular flexibility index (Phi) is 13.4. The van der Waals surface area contributed by atoms with Crippen LogP contribution < -0.4 is 0 Å². The predicted molar refractivity (Wildman–Crippen MR) is 88.4 cm³/mol. The first-order chi connectivity index (χ1) is 10.4. The molecule has 0 bridgehead atoms. The molecule has 132 valence electrons. The molecule has 3 N–H and O–H groups in total. The predicted octanol–water partition coefficient (Wildman–Crippen LogP) is 2.52. The molecule has 7 nitrogen and oxygen atoms in total. The average Bonchev–Trinajstić information content (AvgIpc) is 2.44. The summed E-state index contributed by atoms with van der Waals surface area (Å²) in [6.45, 7) is 6.98. The van der Waals surface area contributed by atoms with E-state index >= 15 is 0 Å². The number of carboxylic acids is 2. The molecule has 1 atom stereocenters. The number of hydrogen-bond acceptors (Lipinski definition) is 4. The number of aliphatic carboxylic acids is 2. The maximum atomic E-state index is 10.2. The molecule has 0 aliphatic rings. The molecule has 0 radical (unpaired) electrons. The summed E-state index contributed by atoms with van der Waals surface area (Å²) in [6, 6.07) is 0. The van der Waals surface area contributed by atoms with Crippen LogP contribution in [-0.2, 0) is 19.7 Å². The van der Waals surface area contributed by atoms with Gasteiger partial charge in [-0.3, -0.25) is 14.1 Å².